The Morgan fingerprint density at radius 3 is 2.54 bits per heavy atom. The maximum absolute atomic E-state index is 11.5. The number of carboxylic acid groups (broad SMARTS) is 1. The van der Waals surface area contributed by atoms with Crippen molar-refractivity contribution in [2.45, 2.75) is 45.0 Å². The van der Waals surface area contributed by atoms with Crippen LogP contribution in [0, 0.1) is 0 Å². The Balaban J connectivity index is 2.59. The Morgan fingerprint density at radius 1 is 1.38 bits per heavy atom. The van der Waals surface area contributed by atoms with Crippen LogP contribution in [0.1, 0.15) is 49.5 Å². The number of aliphatic hydroxyl groups excluding tert-OH is 2. The highest BCUT2D eigenvalue weighted by Gasteiger charge is 2.23. The summed E-state index contributed by atoms with van der Waals surface area (Å²) in [5, 5.41) is 31.3. The first-order chi connectivity index (χ1) is 11.0. The highest BCUT2D eigenvalue weighted by molar-refractivity contribution is 5.90. The van der Waals surface area contributed by atoms with Crippen LogP contribution in [0.5, 0.6) is 0 Å². The van der Waals surface area contributed by atoms with E-state index in [9.17, 15) is 19.8 Å². The minimum atomic E-state index is -1.48. The number of anilines is 1. The van der Waals surface area contributed by atoms with Crippen molar-refractivity contribution in [1.29, 1.82) is 0 Å². The number of aromatic carboxylic acids is 1. The van der Waals surface area contributed by atoms with Crippen LogP contribution < -0.4 is 11.1 Å². The Morgan fingerprint density at radius 2 is 2.00 bits per heavy atom. The normalized spacial score (nSPS) is 13.9. The molecule has 10 heteroatoms. The minimum Gasteiger partial charge on any atom is -0.476 e. The van der Waals surface area contributed by atoms with Gasteiger partial charge in [0.25, 0.3) is 0 Å². The smallest absolute Gasteiger partial charge is 0.407 e. The number of nitrogens with one attached hydrogen (secondary N) is 1. The zero-order valence-corrected chi connectivity index (χ0v) is 13.7. The molecule has 24 heavy (non-hydrogen) atoms. The summed E-state index contributed by atoms with van der Waals surface area (Å²) in [5.74, 6) is -1.69. The van der Waals surface area contributed by atoms with Crippen LogP contribution in [0.25, 0.3) is 0 Å². The van der Waals surface area contributed by atoms with Gasteiger partial charge in [0.05, 0.1) is 18.0 Å². The van der Waals surface area contributed by atoms with Gasteiger partial charge in [0, 0.05) is 6.54 Å². The summed E-state index contributed by atoms with van der Waals surface area (Å²) in [7, 11) is 0. The molecule has 1 aromatic rings. The number of hydrogen-bond donors (Lipinski definition) is 5. The number of carboxylic acids is 1. The second-order valence-electron chi connectivity index (χ2n) is 6.06. The van der Waals surface area contributed by atoms with Crippen LogP contribution >= 0.6 is 0 Å². The van der Waals surface area contributed by atoms with Crippen molar-refractivity contribution >= 4 is 17.9 Å². The van der Waals surface area contributed by atoms with Gasteiger partial charge in [0.2, 0.25) is 0 Å². The van der Waals surface area contributed by atoms with E-state index in [1.54, 1.807) is 20.8 Å². The molecule has 0 aliphatic heterocycles. The van der Waals surface area contributed by atoms with Gasteiger partial charge in [-0.1, -0.05) is 0 Å². The molecule has 0 radical (unpaired) electrons. The summed E-state index contributed by atoms with van der Waals surface area (Å²) in [5.41, 5.74) is 4.09. The molecule has 10 nitrogen and oxygen atoms in total. The van der Waals surface area contributed by atoms with E-state index in [1.807, 2.05) is 0 Å². The second kappa shape index (κ2) is 7.88. The quantitative estimate of drug-likeness (QED) is 0.480. The van der Waals surface area contributed by atoms with E-state index in [-0.39, 0.29) is 24.5 Å². The molecule has 0 saturated carbocycles. The lowest BCUT2D eigenvalue weighted by Crippen LogP contribution is -2.34. The number of hydrogen-bond acceptors (Lipinski definition) is 8. The Kier molecular flexibility index (Phi) is 6.43. The van der Waals surface area contributed by atoms with Gasteiger partial charge in [-0.3, -0.25) is 0 Å². The van der Waals surface area contributed by atoms with E-state index in [1.165, 1.54) is 0 Å². The maximum atomic E-state index is 11.5. The number of aliphatic hydroxyl groups is 2. The lowest BCUT2D eigenvalue weighted by Gasteiger charge is -2.21. The van der Waals surface area contributed by atoms with Gasteiger partial charge in [-0.25, -0.2) is 19.6 Å². The molecule has 1 aromatic heterocycles. The second-order valence-corrected chi connectivity index (χ2v) is 6.06. The number of nitrogen functional groups attached to an aromatic ring is 1. The highest BCUT2D eigenvalue weighted by Crippen LogP contribution is 2.18. The van der Waals surface area contributed by atoms with Gasteiger partial charge in [-0.05, 0) is 27.2 Å². The van der Waals surface area contributed by atoms with Crippen LogP contribution in [0.4, 0.5) is 10.6 Å². The average Bonchev–Trinajstić information content (AvgIpc) is 2.44. The molecule has 0 aliphatic rings. The first kappa shape index (κ1) is 19.6. The number of rotatable bonds is 6. The molecule has 1 heterocycles. The number of carbonyl (C=O) groups is 2. The molecule has 134 valence electrons. The van der Waals surface area contributed by atoms with Gasteiger partial charge in [0.1, 0.15) is 11.7 Å². The van der Waals surface area contributed by atoms with Crippen molar-refractivity contribution in [3.63, 3.8) is 0 Å². The fourth-order valence-electron chi connectivity index (χ4n) is 1.70. The highest BCUT2D eigenvalue weighted by atomic mass is 16.6. The van der Waals surface area contributed by atoms with E-state index >= 15 is 0 Å². The zero-order valence-electron chi connectivity index (χ0n) is 13.7. The van der Waals surface area contributed by atoms with Gasteiger partial charge in [-0.2, -0.15) is 0 Å². The predicted octanol–water partition coefficient (Wildman–Crippen LogP) is 0.0661. The number of nitrogens with two attached hydrogens (primary N) is 1. The summed E-state index contributed by atoms with van der Waals surface area (Å²) >= 11 is 0. The third-order valence-corrected chi connectivity index (χ3v) is 2.80. The summed E-state index contributed by atoms with van der Waals surface area (Å²) in [6.45, 7) is 5.18. The third-order valence-electron chi connectivity index (χ3n) is 2.80. The van der Waals surface area contributed by atoms with Crippen LogP contribution in [-0.4, -0.2) is 55.6 Å². The van der Waals surface area contributed by atoms with Crippen molar-refractivity contribution in [3.05, 3.63) is 17.6 Å². The first-order valence-electron chi connectivity index (χ1n) is 7.20. The summed E-state index contributed by atoms with van der Waals surface area (Å²) < 4.78 is 5.02. The van der Waals surface area contributed by atoms with Crippen LogP contribution in [-0.2, 0) is 4.74 Å². The molecule has 0 saturated heterocycles. The van der Waals surface area contributed by atoms with Crippen LogP contribution in [0.3, 0.4) is 0 Å². The molecular weight excluding hydrogens is 320 g/mol. The van der Waals surface area contributed by atoms with Crippen molar-refractivity contribution in [1.82, 2.24) is 15.3 Å². The standard InChI is InChI=1S/C14H22N4O6/c1-14(2,3)24-13(23)16-5-4-8(19)10(20)7-6-17-11(15)9(18-7)12(21)22/h6,8,10,19-20H,4-5H2,1-3H3,(H2,15,17)(H,16,23)(H,21,22). The predicted molar refractivity (Wildman–Crippen MR) is 83.2 cm³/mol. The molecule has 0 spiro atoms. The maximum Gasteiger partial charge on any atom is 0.407 e. The zero-order chi connectivity index (χ0) is 18.5. The molecule has 1 amide bonds. The summed E-state index contributed by atoms with van der Waals surface area (Å²) in [6.07, 6.45) is -2.34. The van der Waals surface area contributed by atoms with Gasteiger partial charge >= 0.3 is 12.1 Å². The Hall–Kier alpha value is -2.46. The fraction of sp³-hybridized carbons (Fsp3) is 0.571. The summed E-state index contributed by atoms with van der Waals surface area (Å²) in [4.78, 5) is 29.7. The molecular formula is C14H22N4O6. The lowest BCUT2D eigenvalue weighted by molar-refractivity contribution is 0.00953. The largest absolute Gasteiger partial charge is 0.476 e. The van der Waals surface area contributed by atoms with Crippen LogP contribution in [0.2, 0.25) is 0 Å². The molecule has 6 N–H and O–H groups in total. The molecule has 2 atom stereocenters. The topological polar surface area (TPSA) is 168 Å². The molecule has 0 aromatic carbocycles. The van der Waals surface area contributed by atoms with E-state index in [0.29, 0.717) is 0 Å². The van der Waals surface area contributed by atoms with E-state index in [4.69, 9.17) is 15.6 Å². The number of carbonyl (C=O) groups excluding carboxylic acids is 1. The van der Waals surface area contributed by atoms with E-state index in [2.05, 4.69) is 15.3 Å². The van der Waals surface area contributed by atoms with E-state index in [0.717, 1.165) is 6.20 Å². The molecule has 0 aliphatic carbocycles. The number of ether oxygens (including phenoxy) is 1. The fourth-order valence-corrected chi connectivity index (χ4v) is 1.70. The summed E-state index contributed by atoms with van der Waals surface area (Å²) in [6, 6.07) is 0. The van der Waals surface area contributed by atoms with Crippen molar-refractivity contribution in [2.24, 2.45) is 0 Å². The first-order valence-corrected chi connectivity index (χ1v) is 7.20. The molecule has 1 rings (SSSR count). The monoisotopic (exact) mass is 342 g/mol. The van der Waals surface area contributed by atoms with Crippen molar-refractivity contribution in [2.75, 3.05) is 12.3 Å². The van der Waals surface area contributed by atoms with Gasteiger partial charge in [0.15, 0.2) is 11.5 Å². The lowest BCUT2D eigenvalue weighted by atomic mass is 10.1. The number of nitrogens with zero attached hydrogens (tertiary/aromatic N) is 2. The minimum absolute atomic E-state index is 0.00509. The van der Waals surface area contributed by atoms with Gasteiger partial charge in [-0.15, -0.1) is 0 Å². The Bertz CT molecular complexity index is 601. The number of amides is 1. The average molecular weight is 342 g/mol. The van der Waals surface area contributed by atoms with Crippen LogP contribution in [0.15, 0.2) is 6.20 Å². The Labute approximate surface area is 138 Å². The third kappa shape index (κ3) is 5.97. The van der Waals surface area contributed by atoms with Crippen molar-refractivity contribution < 1.29 is 29.6 Å². The SMILES string of the molecule is CC(C)(C)OC(=O)NCCC(O)C(O)c1cnc(N)c(C(=O)O)n1. The molecule has 2 unspecified atom stereocenters. The number of alkyl carbamates (subject to hydrolysis) is 1. The van der Waals surface area contributed by atoms with E-state index < -0.39 is 35.6 Å². The molecule has 0 fully saturated rings. The van der Waals surface area contributed by atoms with Crippen molar-refractivity contribution in [3.8, 4) is 0 Å². The molecule has 0 bridgehead atoms. The number of aromatic nitrogens is 2. The van der Waals surface area contributed by atoms with Gasteiger partial charge < -0.3 is 31.1 Å².